The highest BCUT2D eigenvalue weighted by Crippen LogP contribution is 2.08. The van der Waals surface area contributed by atoms with E-state index < -0.39 is 0 Å². The first-order valence-corrected chi connectivity index (χ1v) is 7.53. The molecule has 0 bridgehead atoms. The Labute approximate surface area is 128 Å². The minimum Gasteiger partial charge on any atom is -0.305 e. The fraction of sp³-hybridized carbons (Fsp3) is 0.529. The van der Waals surface area contributed by atoms with Crippen LogP contribution in [-0.4, -0.2) is 49.3 Å². The van der Waals surface area contributed by atoms with Crippen LogP contribution < -0.4 is 0 Å². The summed E-state index contributed by atoms with van der Waals surface area (Å²) in [5.41, 5.74) is 1.81. The van der Waals surface area contributed by atoms with Gasteiger partial charge in [0.1, 0.15) is 6.29 Å². The topological polar surface area (TPSA) is 47.3 Å². The van der Waals surface area contributed by atoms with Gasteiger partial charge in [-0.15, -0.1) is 0 Å². The minimum atomic E-state index is 0.551. The second-order valence-electron chi connectivity index (χ2n) is 5.35. The van der Waals surface area contributed by atoms with Crippen LogP contribution in [0.1, 0.15) is 30.9 Å². The van der Waals surface area contributed by atoms with Crippen LogP contribution >= 0.6 is 0 Å². The highest BCUT2D eigenvalue weighted by molar-refractivity contribution is 5.49. The van der Waals surface area contributed by atoms with Gasteiger partial charge in [-0.25, -0.2) is 0 Å². The Kier molecular flexibility index (Phi) is 8.34. The molecule has 114 valence electrons. The first kappa shape index (κ1) is 17.4. The Bertz CT molecular complexity index is 467. The van der Waals surface area contributed by atoms with Crippen molar-refractivity contribution in [2.24, 2.45) is 0 Å². The van der Waals surface area contributed by atoms with Gasteiger partial charge in [0.25, 0.3) is 0 Å². The van der Waals surface area contributed by atoms with Crippen molar-refractivity contribution >= 4 is 6.29 Å². The minimum absolute atomic E-state index is 0.551. The van der Waals surface area contributed by atoms with Crippen LogP contribution in [0.15, 0.2) is 24.3 Å². The highest BCUT2D eigenvalue weighted by Gasteiger charge is 2.08. The quantitative estimate of drug-likeness (QED) is 0.620. The van der Waals surface area contributed by atoms with Crippen LogP contribution in [0.3, 0.4) is 0 Å². The van der Waals surface area contributed by atoms with Crippen molar-refractivity contribution in [2.75, 3.05) is 33.2 Å². The van der Waals surface area contributed by atoms with Crippen LogP contribution in [0.5, 0.6) is 0 Å². The third-order valence-corrected chi connectivity index (χ3v) is 3.43. The lowest BCUT2D eigenvalue weighted by atomic mass is 10.1. The summed E-state index contributed by atoms with van der Waals surface area (Å²) in [6.07, 6.45) is 2.67. The molecule has 1 aromatic carbocycles. The zero-order chi connectivity index (χ0) is 15.5. The van der Waals surface area contributed by atoms with Gasteiger partial charge in [-0.05, 0) is 37.7 Å². The van der Waals surface area contributed by atoms with Crippen LogP contribution in [0.2, 0.25) is 0 Å². The third kappa shape index (κ3) is 7.03. The summed E-state index contributed by atoms with van der Waals surface area (Å²) in [6.45, 7) is 6.73. The van der Waals surface area contributed by atoms with E-state index in [9.17, 15) is 4.79 Å². The molecule has 0 N–H and O–H groups in total. The molecule has 0 atom stereocenters. The number of nitrogens with zero attached hydrogens (tertiary/aromatic N) is 3. The van der Waals surface area contributed by atoms with Gasteiger partial charge < -0.3 is 9.69 Å². The van der Waals surface area contributed by atoms with Crippen molar-refractivity contribution < 1.29 is 4.79 Å². The average molecular weight is 287 g/mol. The van der Waals surface area contributed by atoms with Crippen molar-refractivity contribution in [1.82, 2.24) is 9.80 Å². The van der Waals surface area contributed by atoms with E-state index >= 15 is 0 Å². The normalized spacial score (nSPS) is 10.8. The molecule has 0 aromatic heterocycles. The Morgan fingerprint density at radius 2 is 2.05 bits per heavy atom. The number of benzene rings is 1. The number of hydrogen-bond donors (Lipinski definition) is 0. The van der Waals surface area contributed by atoms with Crippen molar-refractivity contribution in [3.05, 3.63) is 35.4 Å². The molecule has 0 saturated carbocycles. The number of carbonyl (C=O) groups excluding carboxylic acids is 1. The predicted molar refractivity (Wildman–Crippen MR) is 84.9 cm³/mol. The lowest BCUT2D eigenvalue weighted by Gasteiger charge is -2.25. The average Bonchev–Trinajstić information content (AvgIpc) is 2.50. The largest absolute Gasteiger partial charge is 0.305 e. The van der Waals surface area contributed by atoms with E-state index in [0.29, 0.717) is 12.0 Å². The van der Waals surface area contributed by atoms with E-state index in [1.54, 1.807) is 0 Å². The second kappa shape index (κ2) is 10.1. The predicted octanol–water partition coefficient (Wildman–Crippen LogP) is 2.29. The Balaban J connectivity index is 2.59. The molecule has 0 spiro atoms. The molecule has 0 aliphatic heterocycles. The van der Waals surface area contributed by atoms with E-state index in [0.717, 1.165) is 51.0 Å². The van der Waals surface area contributed by atoms with E-state index in [1.807, 2.05) is 24.3 Å². The maximum atomic E-state index is 10.6. The molecule has 21 heavy (non-hydrogen) atoms. The van der Waals surface area contributed by atoms with Crippen LogP contribution in [0.25, 0.3) is 0 Å². The number of rotatable bonds is 10. The SMILES string of the molecule is CCCN(C)CCN(CCC=O)Cc1cccc(C#N)c1. The lowest BCUT2D eigenvalue weighted by Crippen LogP contribution is -2.34. The lowest BCUT2D eigenvalue weighted by molar-refractivity contribution is -0.108. The molecule has 0 radical (unpaired) electrons. The zero-order valence-corrected chi connectivity index (χ0v) is 13.1. The fourth-order valence-electron chi connectivity index (χ4n) is 2.31. The number of hydrogen-bond acceptors (Lipinski definition) is 4. The molecule has 0 heterocycles. The molecule has 0 saturated heterocycles. The van der Waals surface area contributed by atoms with Gasteiger partial charge in [-0.3, -0.25) is 4.90 Å². The molecule has 4 heteroatoms. The van der Waals surface area contributed by atoms with Gasteiger partial charge >= 0.3 is 0 Å². The summed E-state index contributed by atoms with van der Waals surface area (Å²) in [6, 6.07) is 9.85. The Morgan fingerprint density at radius 1 is 1.24 bits per heavy atom. The standard InChI is InChI=1S/C17H25N3O/c1-3-8-19(2)10-11-20(9-5-12-21)15-17-7-4-6-16(13-17)14-18/h4,6-7,12-13H,3,5,8-11,15H2,1-2H3. The summed E-state index contributed by atoms with van der Waals surface area (Å²) in [5.74, 6) is 0. The van der Waals surface area contributed by atoms with Gasteiger partial charge in [0.05, 0.1) is 11.6 Å². The summed E-state index contributed by atoms with van der Waals surface area (Å²) >= 11 is 0. The summed E-state index contributed by atoms with van der Waals surface area (Å²) in [7, 11) is 2.12. The second-order valence-corrected chi connectivity index (χ2v) is 5.35. The summed E-state index contributed by atoms with van der Waals surface area (Å²) in [5, 5.41) is 8.96. The molecule has 0 amide bonds. The molecular weight excluding hydrogens is 262 g/mol. The van der Waals surface area contributed by atoms with Crippen LogP contribution in [0, 0.1) is 11.3 Å². The maximum absolute atomic E-state index is 10.6. The van der Waals surface area contributed by atoms with E-state index in [-0.39, 0.29) is 0 Å². The van der Waals surface area contributed by atoms with E-state index in [1.165, 1.54) is 0 Å². The van der Waals surface area contributed by atoms with E-state index in [2.05, 4.69) is 29.8 Å². The molecule has 4 nitrogen and oxygen atoms in total. The molecule has 0 aliphatic rings. The van der Waals surface area contributed by atoms with Crippen molar-refractivity contribution in [1.29, 1.82) is 5.26 Å². The maximum Gasteiger partial charge on any atom is 0.121 e. The molecule has 0 fully saturated rings. The zero-order valence-electron chi connectivity index (χ0n) is 13.1. The van der Waals surface area contributed by atoms with Crippen molar-refractivity contribution in [2.45, 2.75) is 26.3 Å². The molecule has 1 aromatic rings. The third-order valence-electron chi connectivity index (χ3n) is 3.43. The van der Waals surface area contributed by atoms with Gasteiger partial charge in [-0.2, -0.15) is 5.26 Å². The monoisotopic (exact) mass is 287 g/mol. The Hall–Kier alpha value is -1.70. The highest BCUT2D eigenvalue weighted by atomic mass is 16.1. The molecule has 0 unspecified atom stereocenters. The van der Waals surface area contributed by atoms with Gasteiger partial charge in [0, 0.05) is 32.6 Å². The Morgan fingerprint density at radius 3 is 2.71 bits per heavy atom. The number of aldehydes is 1. The van der Waals surface area contributed by atoms with Gasteiger partial charge in [-0.1, -0.05) is 19.1 Å². The smallest absolute Gasteiger partial charge is 0.121 e. The van der Waals surface area contributed by atoms with Gasteiger partial charge in [0.15, 0.2) is 0 Å². The fourth-order valence-corrected chi connectivity index (χ4v) is 2.31. The van der Waals surface area contributed by atoms with Crippen LogP contribution in [0.4, 0.5) is 0 Å². The number of likely N-dealkylation sites (N-methyl/N-ethyl adjacent to an activating group) is 1. The first-order valence-electron chi connectivity index (χ1n) is 7.53. The number of carbonyl (C=O) groups is 1. The molecule has 1 rings (SSSR count). The molecule has 0 aliphatic carbocycles. The summed E-state index contributed by atoms with van der Waals surface area (Å²) < 4.78 is 0. The number of nitriles is 1. The first-order chi connectivity index (χ1) is 10.2. The van der Waals surface area contributed by atoms with Crippen molar-refractivity contribution in [3.63, 3.8) is 0 Å². The summed E-state index contributed by atoms with van der Waals surface area (Å²) in [4.78, 5) is 15.2. The van der Waals surface area contributed by atoms with E-state index in [4.69, 9.17) is 5.26 Å². The van der Waals surface area contributed by atoms with Gasteiger partial charge in [0.2, 0.25) is 0 Å². The van der Waals surface area contributed by atoms with Crippen LogP contribution in [-0.2, 0) is 11.3 Å². The van der Waals surface area contributed by atoms with Crippen molar-refractivity contribution in [3.8, 4) is 6.07 Å². The molecular formula is C17H25N3O.